The number of amides is 1. The van der Waals surface area contributed by atoms with E-state index in [1.54, 1.807) is 0 Å². The Morgan fingerprint density at radius 1 is 1.53 bits per heavy atom. The van der Waals surface area contributed by atoms with Crippen LogP contribution >= 0.6 is 11.3 Å². The van der Waals surface area contributed by atoms with Crippen LogP contribution in [0.1, 0.15) is 30.0 Å². The molecule has 5 heteroatoms. The highest BCUT2D eigenvalue weighted by atomic mass is 32.1. The summed E-state index contributed by atoms with van der Waals surface area (Å²) in [5.41, 5.74) is 0. The van der Waals surface area contributed by atoms with E-state index in [1.165, 1.54) is 11.3 Å². The largest absolute Gasteiger partial charge is 0.354 e. The van der Waals surface area contributed by atoms with E-state index in [4.69, 9.17) is 5.26 Å². The second-order valence-corrected chi connectivity index (χ2v) is 5.20. The van der Waals surface area contributed by atoms with Gasteiger partial charge in [0.15, 0.2) is 0 Å². The number of carbonyl (C=O) groups is 1. The van der Waals surface area contributed by atoms with E-state index in [2.05, 4.69) is 16.7 Å². The van der Waals surface area contributed by atoms with Gasteiger partial charge in [-0.1, -0.05) is 0 Å². The third-order valence-electron chi connectivity index (χ3n) is 2.05. The molecule has 1 rings (SSSR count). The van der Waals surface area contributed by atoms with Crippen molar-refractivity contribution in [1.29, 1.82) is 5.26 Å². The maximum absolute atomic E-state index is 11.3. The summed E-state index contributed by atoms with van der Waals surface area (Å²) in [5, 5.41) is 14.7. The lowest BCUT2D eigenvalue weighted by Gasteiger charge is -2.08. The molecule has 0 aromatic carbocycles. The molecule has 1 heterocycles. The van der Waals surface area contributed by atoms with Gasteiger partial charge in [0.1, 0.15) is 10.9 Å². The van der Waals surface area contributed by atoms with Gasteiger partial charge in [-0.05, 0) is 26.0 Å². The SMILES string of the molecule is CC(C)NC(=O)CCNCc1ccc(C#N)s1. The zero-order chi connectivity index (χ0) is 12.7. The first-order valence-corrected chi connectivity index (χ1v) is 6.42. The van der Waals surface area contributed by atoms with Crippen molar-refractivity contribution < 1.29 is 4.79 Å². The Morgan fingerprint density at radius 3 is 2.88 bits per heavy atom. The van der Waals surface area contributed by atoms with Gasteiger partial charge >= 0.3 is 0 Å². The summed E-state index contributed by atoms with van der Waals surface area (Å²) in [7, 11) is 0. The maximum Gasteiger partial charge on any atom is 0.221 e. The number of thiophene rings is 1. The van der Waals surface area contributed by atoms with Gasteiger partial charge in [-0.15, -0.1) is 11.3 Å². The molecule has 0 aliphatic carbocycles. The second-order valence-electron chi connectivity index (χ2n) is 4.03. The fourth-order valence-corrected chi connectivity index (χ4v) is 2.12. The molecular weight excluding hydrogens is 234 g/mol. The van der Waals surface area contributed by atoms with Gasteiger partial charge in [0.05, 0.1) is 0 Å². The van der Waals surface area contributed by atoms with E-state index in [0.29, 0.717) is 19.5 Å². The van der Waals surface area contributed by atoms with Gasteiger partial charge in [-0.3, -0.25) is 4.79 Å². The first kappa shape index (κ1) is 13.7. The smallest absolute Gasteiger partial charge is 0.221 e. The van der Waals surface area contributed by atoms with Crippen molar-refractivity contribution in [2.75, 3.05) is 6.54 Å². The molecule has 0 spiro atoms. The van der Waals surface area contributed by atoms with E-state index < -0.39 is 0 Å². The molecule has 0 bridgehead atoms. The van der Waals surface area contributed by atoms with Crippen LogP contribution in [0, 0.1) is 11.3 Å². The van der Waals surface area contributed by atoms with Crippen LogP contribution in [-0.4, -0.2) is 18.5 Å². The molecule has 1 aromatic rings. The normalized spacial score (nSPS) is 10.2. The molecule has 0 unspecified atom stereocenters. The van der Waals surface area contributed by atoms with Crippen molar-refractivity contribution >= 4 is 17.2 Å². The average molecular weight is 251 g/mol. The number of nitrogens with one attached hydrogen (secondary N) is 2. The zero-order valence-electron chi connectivity index (χ0n) is 10.1. The molecule has 0 radical (unpaired) electrons. The summed E-state index contributed by atoms with van der Waals surface area (Å²) in [5.74, 6) is 0.0661. The van der Waals surface area contributed by atoms with E-state index in [0.717, 1.165) is 9.75 Å². The lowest BCUT2D eigenvalue weighted by atomic mass is 10.3. The Hall–Kier alpha value is -1.38. The molecule has 1 aromatic heterocycles. The molecule has 92 valence electrons. The van der Waals surface area contributed by atoms with E-state index in [-0.39, 0.29) is 11.9 Å². The van der Waals surface area contributed by atoms with Crippen molar-refractivity contribution in [3.8, 4) is 6.07 Å². The number of rotatable bonds is 6. The Kier molecular flexibility index (Phi) is 5.67. The number of carbonyl (C=O) groups excluding carboxylic acids is 1. The Bertz CT molecular complexity index is 406. The van der Waals surface area contributed by atoms with Crippen molar-refractivity contribution in [1.82, 2.24) is 10.6 Å². The van der Waals surface area contributed by atoms with Gasteiger partial charge in [-0.25, -0.2) is 0 Å². The summed E-state index contributed by atoms with van der Waals surface area (Å²) in [4.78, 5) is 13.2. The fraction of sp³-hybridized carbons (Fsp3) is 0.500. The molecule has 0 aliphatic rings. The quantitative estimate of drug-likeness (QED) is 0.755. The lowest BCUT2D eigenvalue weighted by Crippen LogP contribution is -2.32. The molecule has 0 saturated heterocycles. The predicted molar refractivity (Wildman–Crippen MR) is 68.6 cm³/mol. The van der Waals surface area contributed by atoms with Crippen LogP contribution in [-0.2, 0) is 11.3 Å². The summed E-state index contributed by atoms with van der Waals surface area (Å²) in [6.45, 7) is 5.25. The molecule has 0 aliphatic heterocycles. The van der Waals surface area contributed by atoms with E-state index >= 15 is 0 Å². The van der Waals surface area contributed by atoms with Crippen molar-refractivity contribution in [3.05, 3.63) is 21.9 Å². The summed E-state index contributed by atoms with van der Waals surface area (Å²) >= 11 is 1.48. The highest BCUT2D eigenvalue weighted by molar-refractivity contribution is 7.12. The average Bonchev–Trinajstić information content (AvgIpc) is 2.71. The van der Waals surface area contributed by atoms with Crippen LogP contribution in [0.2, 0.25) is 0 Å². The number of nitrogens with zero attached hydrogens (tertiary/aromatic N) is 1. The molecule has 4 nitrogen and oxygen atoms in total. The van der Waals surface area contributed by atoms with Crippen LogP contribution < -0.4 is 10.6 Å². The van der Waals surface area contributed by atoms with Crippen molar-refractivity contribution in [3.63, 3.8) is 0 Å². The molecule has 1 amide bonds. The minimum atomic E-state index is 0.0661. The first-order valence-electron chi connectivity index (χ1n) is 5.60. The van der Waals surface area contributed by atoms with Crippen molar-refractivity contribution in [2.24, 2.45) is 0 Å². The summed E-state index contributed by atoms with van der Waals surface area (Å²) in [6.07, 6.45) is 0.481. The second kappa shape index (κ2) is 7.05. The van der Waals surface area contributed by atoms with Crippen LogP contribution in [0.3, 0.4) is 0 Å². The first-order chi connectivity index (χ1) is 8.11. The lowest BCUT2D eigenvalue weighted by molar-refractivity contribution is -0.121. The molecule has 0 saturated carbocycles. The fourth-order valence-electron chi connectivity index (χ4n) is 1.34. The van der Waals surface area contributed by atoms with Crippen LogP contribution in [0.4, 0.5) is 0 Å². The molecule has 17 heavy (non-hydrogen) atoms. The number of hydrogen-bond donors (Lipinski definition) is 2. The van der Waals surface area contributed by atoms with Gasteiger partial charge in [0.25, 0.3) is 0 Å². The van der Waals surface area contributed by atoms with Crippen LogP contribution in [0.15, 0.2) is 12.1 Å². The zero-order valence-corrected chi connectivity index (χ0v) is 10.9. The maximum atomic E-state index is 11.3. The Morgan fingerprint density at radius 2 is 2.29 bits per heavy atom. The molecular formula is C12H17N3OS. The van der Waals surface area contributed by atoms with Gasteiger partial charge in [0, 0.05) is 30.4 Å². The highest BCUT2D eigenvalue weighted by Gasteiger charge is 2.03. The van der Waals surface area contributed by atoms with Crippen LogP contribution in [0.25, 0.3) is 0 Å². The van der Waals surface area contributed by atoms with Gasteiger partial charge in [-0.2, -0.15) is 5.26 Å². The standard InChI is InChI=1S/C12H17N3OS/c1-9(2)15-12(16)5-6-14-8-11-4-3-10(7-13)17-11/h3-4,9,14H,5-6,8H2,1-2H3,(H,15,16). The number of nitriles is 1. The third-order valence-corrected chi connectivity index (χ3v) is 3.04. The van der Waals surface area contributed by atoms with E-state index in [1.807, 2.05) is 26.0 Å². The summed E-state index contributed by atoms with van der Waals surface area (Å²) < 4.78 is 0. The monoisotopic (exact) mass is 251 g/mol. The van der Waals surface area contributed by atoms with Gasteiger partial charge < -0.3 is 10.6 Å². The van der Waals surface area contributed by atoms with Crippen molar-refractivity contribution in [2.45, 2.75) is 32.9 Å². The third kappa shape index (κ3) is 5.48. The molecule has 0 atom stereocenters. The Balaban J connectivity index is 2.16. The minimum absolute atomic E-state index is 0.0661. The summed E-state index contributed by atoms with van der Waals surface area (Å²) in [6, 6.07) is 6.04. The minimum Gasteiger partial charge on any atom is -0.354 e. The van der Waals surface area contributed by atoms with Gasteiger partial charge in [0.2, 0.25) is 5.91 Å². The van der Waals surface area contributed by atoms with E-state index in [9.17, 15) is 4.79 Å². The topological polar surface area (TPSA) is 64.9 Å². The molecule has 2 N–H and O–H groups in total. The predicted octanol–water partition coefficient (Wildman–Crippen LogP) is 1.62. The van der Waals surface area contributed by atoms with Crippen LogP contribution in [0.5, 0.6) is 0 Å². The highest BCUT2D eigenvalue weighted by Crippen LogP contribution is 2.14. The Labute approximate surface area is 106 Å². The number of hydrogen-bond acceptors (Lipinski definition) is 4. The molecule has 0 fully saturated rings.